The summed E-state index contributed by atoms with van der Waals surface area (Å²) in [5.41, 5.74) is 4.22. The summed E-state index contributed by atoms with van der Waals surface area (Å²) < 4.78 is 0. The fourth-order valence-corrected chi connectivity index (χ4v) is 7.02. The number of nitrogens with one attached hydrogen (secondary N) is 1. The van der Waals surface area contributed by atoms with Crippen LogP contribution in [0.1, 0.15) is 88.4 Å². The average molecular weight is 595 g/mol. The molecular weight excluding hydrogens is 552 g/mol. The summed E-state index contributed by atoms with van der Waals surface area (Å²) in [7, 11) is 0. The van der Waals surface area contributed by atoms with E-state index in [0.29, 0.717) is 19.1 Å². The summed E-state index contributed by atoms with van der Waals surface area (Å²) in [6.07, 6.45) is 7.62. The molecule has 1 aliphatic carbocycles. The monoisotopic (exact) mass is 594 g/mol. The molecule has 0 aromatic heterocycles. The molecule has 2 N–H and O–H groups in total. The van der Waals surface area contributed by atoms with Gasteiger partial charge in [-0.05, 0) is 66.6 Å². The van der Waals surface area contributed by atoms with Crippen molar-refractivity contribution in [2.75, 3.05) is 19.6 Å². The van der Waals surface area contributed by atoms with Crippen LogP contribution in [0.2, 0.25) is 0 Å². The second-order valence-electron chi connectivity index (χ2n) is 12.5. The normalized spacial score (nSPS) is 20.2. The average Bonchev–Trinajstić information content (AvgIpc) is 3.38. The van der Waals surface area contributed by atoms with Crippen molar-refractivity contribution >= 4 is 17.9 Å². The number of benzene rings is 3. The van der Waals surface area contributed by atoms with Crippen LogP contribution in [-0.4, -0.2) is 69.4 Å². The first-order valence-corrected chi connectivity index (χ1v) is 16.0. The van der Waals surface area contributed by atoms with E-state index in [1.807, 2.05) is 35.2 Å². The topological polar surface area (TPSA) is 93.2 Å². The zero-order valence-electron chi connectivity index (χ0n) is 25.2. The second kappa shape index (κ2) is 13.6. The van der Waals surface area contributed by atoms with Gasteiger partial charge in [-0.15, -0.1) is 0 Å². The maximum Gasteiger partial charge on any atom is 0.335 e. The van der Waals surface area contributed by atoms with Gasteiger partial charge in [0, 0.05) is 50.4 Å². The summed E-state index contributed by atoms with van der Waals surface area (Å²) in [5.74, 6) is -0.927. The number of aromatic carboxylic acids is 1. The fraction of sp³-hybridized carbons (Fsp3) is 0.417. The Morgan fingerprint density at radius 3 is 2.00 bits per heavy atom. The van der Waals surface area contributed by atoms with E-state index in [-0.39, 0.29) is 29.6 Å². The quantitative estimate of drug-likeness (QED) is 0.313. The Kier molecular flexibility index (Phi) is 9.26. The number of likely N-dealkylation sites (tertiary alicyclic amines) is 1. The van der Waals surface area contributed by atoms with Crippen molar-refractivity contribution < 1.29 is 19.5 Å². The highest BCUT2D eigenvalue weighted by atomic mass is 16.4. The van der Waals surface area contributed by atoms with Gasteiger partial charge in [0.15, 0.2) is 0 Å². The Labute approximate surface area is 259 Å². The molecule has 230 valence electrons. The van der Waals surface area contributed by atoms with E-state index in [1.165, 1.54) is 24.8 Å². The van der Waals surface area contributed by atoms with Crippen molar-refractivity contribution in [2.24, 2.45) is 0 Å². The van der Waals surface area contributed by atoms with Gasteiger partial charge in [0.1, 0.15) is 0 Å². The molecule has 8 nitrogen and oxygen atoms in total. The molecule has 3 aromatic carbocycles. The lowest BCUT2D eigenvalue weighted by atomic mass is 9.95. The van der Waals surface area contributed by atoms with E-state index in [2.05, 4.69) is 39.4 Å². The third-order valence-electron chi connectivity index (χ3n) is 9.49. The van der Waals surface area contributed by atoms with Crippen LogP contribution in [0.25, 0.3) is 0 Å². The van der Waals surface area contributed by atoms with E-state index in [4.69, 9.17) is 0 Å². The van der Waals surface area contributed by atoms with Crippen LogP contribution in [0.3, 0.4) is 0 Å². The molecule has 0 unspecified atom stereocenters. The first-order valence-electron chi connectivity index (χ1n) is 16.0. The van der Waals surface area contributed by atoms with Crippen LogP contribution in [0.5, 0.6) is 0 Å². The molecule has 3 aliphatic rings. The summed E-state index contributed by atoms with van der Waals surface area (Å²) >= 11 is 0. The molecule has 0 bridgehead atoms. The SMILES string of the molecule is O=C(O)c1ccc(CN2C[C@@H](c3ccccc3)N(C3CCN(Cc4ccc(C(=O)NC5CCCCC5)cc4)CC3)C2=O)cc1. The first kappa shape index (κ1) is 29.9. The number of carbonyl (C=O) groups is 3. The largest absolute Gasteiger partial charge is 0.478 e. The highest BCUT2D eigenvalue weighted by molar-refractivity contribution is 5.94. The number of amides is 3. The van der Waals surface area contributed by atoms with E-state index in [9.17, 15) is 19.5 Å². The third-order valence-corrected chi connectivity index (χ3v) is 9.49. The van der Waals surface area contributed by atoms with Gasteiger partial charge in [0.05, 0.1) is 11.6 Å². The summed E-state index contributed by atoms with van der Waals surface area (Å²) in [4.78, 5) is 44.3. The predicted octanol–water partition coefficient (Wildman–Crippen LogP) is 6.09. The van der Waals surface area contributed by atoms with Crippen molar-refractivity contribution in [2.45, 2.75) is 76.2 Å². The molecule has 3 fully saturated rings. The Balaban J connectivity index is 1.07. The van der Waals surface area contributed by atoms with Gasteiger partial charge in [-0.2, -0.15) is 0 Å². The third kappa shape index (κ3) is 6.97. The molecule has 2 aliphatic heterocycles. The number of piperidine rings is 1. The minimum absolute atomic E-state index is 0.0224. The van der Waals surface area contributed by atoms with Gasteiger partial charge in [-0.1, -0.05) is 73.9 Å². The number of carboxylic acids is 1. The lowest BCUT2D eigenvalue weighted by molar-refractivity contribution is 0.0696. The van der Waals surface area contributed by atoms with Crippen LogP contribution in [-0.2, 0) is 13.1 Å². The molecule has 1 atom stereocenters. The highest BCUT2D eigenvalue weighted by Crippen LogP contribution is 2.35. The van der Waals surface area contributed by atoms with Crippen LogP contribution < -0.4 is 5.32 Å². The Hall–Kier alpha value is -4.17. The molecule has 3 amide bonds. The van der Waals surface area contributed by atoms with E-state index >= 15 is 0 Å². The molecule has 3 aromatic rings. The number of hydrogen-bond acceptors (Lipinski definition) is 4. The molecule has 0 radical (unpaired) electrons. The van der Waals surface area contributed by atoms with Crippen molar-refractivity contribution in [1.82, 2.24) is 20.0 Å². The first-order chi connectivity index (χ1) is 21.4. The lowest BCUT2D eigenvalue weighted by Gasteiger charge is -2.39. The van der Waals surface area contributed by atoms with Crippen LogP contribution in [0, 0.1) is 0 Å². The Morgan fingerprint density at radius 2 is 1.36 bits per heavy atom. The molecule has 44 heavy (non-hydrogen) atoms. The van der Waals surface area contributed by atoms with Crippen molar-refractivity contribution in [3.63, 3.8) is 0 Å². The smallest absolute Gasteiger partial charge is 0.335 e. The number of hydrogen-bond donors (Lipinski definition) is 2. The minimum Gasteiger partial charge on any atom is -0.478 e. The van der Waals surface area contributed by atoms with Gasteiger partial charge in [0.25, 0.3) is 5.91 Å². The summed E-state index contributed by atoms with van der Waals surface area (Å²) in [6.45, 7) is 3.68. The maximum absolute atomic E-state index is 13.9. The van der Waals surface area contributed by atoms with Gasteiger partial charge < -0.3 is 20.2 Å². The molecular formula is C36H42N4O4. The van der Waals surface area contributed by atoms with Gasteiger partial charge in [-0.25, -0.2) is 9.59 Å². The zero-order chi connectivity index (χ0) is 30.5. The van der Waals surface area contributed by atoms with Crippen LogP contribution >= 0.6 is 0 Å². The van der Waals surface area contributed by atoms with Crippen LogP contribution in [0.4, 0.5) is 4.79 Å². The molecule has 0 spiro atoms. The summed E-state index contributed by atoms with van der Waals surface area (Å²) in [6, 6.07) is 25.5. The maximum atomic E-state index is 13.9. The minimum atomic E-state index is -0.954. The zero-order valence-corrected chi connectivity index (χ0v) is 25.2. The van der Waals surface area contributed by atoms with E-state index < -0.39 is 5.97 Å². The number of carboxylic acid groups (broad SMARTS) is 1. The Morgan fingerprint density at radius 1 is 0.750 bits per heavy atom. The number of carbonyl (C=O) groups excluding carboxylic acids is 2. The number of nitrogens with zero attached hydrogens (tertiary/aromatic N) is 3. The standard InChI is InChI=1S/C36H42N4O4/c41-34(37-31-9-5-2-6-10-31)29-15-11-26(12-16-29)23-38-21-19-32(20-22-38)40-33(28-7-3-1-4-8-28)25-39(36(40)44)24-27-13-17-30(18-14-27)35(42)43/h1,3-4,7-8,11-18,31-33H,2,5-6,9-10,19-25H2,(H,37,41)(H,42,43)/t33-/m0/s1. The molecule has 8 heteroatoms. The Bertz CT molecular complexity index is 1430. The lowest BCUT2D eigenvalue weighted by Crippen LogP contribution is -2.47. The van der Waals surface area contributed by atoms with Gasteiger partial charge >= 0.3 is 12.0 Å². The number of urea groups is 1. The molecule has 2 saturated heterocycles. The summed E-state index contributed by atoms with van der Waals surface area (Å²) in [5, 5.41) is 12.4. The van der Waals surface area contributed by atoms with Crippen molar-refractivity contribution in [3.05, 3.63) is 107 Å². The second-order valence-corrected chi connectivity index (χ2v) is 12.5. The molecule has 1 saturated carbocycles. The van der Waals surface area contributed by atoms with Crippen molar-refractivity contribution in [3.8, 4) is 0 Å². The fourth-order valence-electron chi connectivity index (χ4n) is 7.02. The number of rotatable bonds is 9. The van der Waals surface area contributed by atoms with Crippen LogP contribution in [0.15, 0.2) is 78.9 Å². The van der Waals surface area contributed by atoms with Gasteiger partial charge in [-0.3, -0.25) is 9.69 Å². The van der Waals surface area contributed by atoms with E-state index in [1.54, 1.807) is 24.3 Å². The molecule has 2 heterocycles. The predicted molar refractivity (Wildman–Crippen MR) is 169 cm³/mol. The highest BCUT2D eigenvalue weighted by Gasteiger charge is 2.42. The van der Waals surface area contributed by atoms with Gasteiger partial charge in [0.2, 0.25) is 0 Å². The molecule has 6 rings (SSSR count). The van der Waals surface area contributed by atoms with E-state index in [0.717, 1.165) is 62.0 Å². The van der Waals surface area contributed by atoms with Crippen molar-refractivity contribution in [1.29, 1.82) is 0 Å².